The molecule has 16 heavy (non-hydrogen) atoms. The van der Waals surface area contributed by atoms with Crippen molar-refractivity contribution in [2.75, 3.05) is 0 Å². The van der Waals surface area contributed by atoms with Gasteiger partial charge in [0.05, 0.1) is 0 Å². The van der Waals surface area contributed by atoms with Crippen LogP contribution in [0.2, 0.25) is 0 Å². The minimum atomic E-state index is -0.984. The van der Waals surface area contributed by atoms with Gasteiger partial charge in [0.15, 0.2) is 0 Å². The Kier molecular flexibility index (Phi) is 2.68. The number of carboxylic acid groups (broad SMARTS) is 1. The van der Waals surface area contributed by atoms with E-state index in [0.29, 0.717) is 11.3 Å². The molecule has 0 saturated carbocycles. The third kappa shape index (κ3) is 2.25. The number of rotatable bonds is 3. The molecule has 0 radical (unpaired) electrons. The highest BCUT2D eigenvalue weighted by Gasteiger charge is 2.09. The molecular formula is C11H8FNO3. The largest absolute Gasteiger partial charge is 0.481 e. The van der Waals surface area contributed by atoms with Crippen molar-refractivity contribution in [2.24, 2.45) is 0 Å². The Morgan fingerprint density at radius 1 is 1.38 bits per heavy atom. The van der Waals surface area contributed by atoms with Gasteiger partial charge in [-0.1, -0.05) is 5.16 Å². The van der Waals surface area contributed by atoms with Gasteiger partial charge in [-0.15, -0.1) is 0 Å². The van der Waals surface area contributed by atoms with Gasteiger partial charge in [0.25, 0.3) is 0 Å². The summed E-state index contributed by atoms with van der Waals surface area (Å²) < 4.78 is 17.5. The summed E-state index contributed by atoms with van der Waals surface area (Å²) >= 11 is 0. The number of carboxylic acids is 1. The number of carbonyl (C=O) groups is 1. The van der Waals surface area contributed by atoms with Gasteiger partial charge in [0, 0.05) is 11.6 Å². The maximum absolute atomic E-state index is 12.7. The summed E-state index contributed by atoms with van der Waals surface area (Å²) in [5.74, 6) is -1.05. The maximum Gasteiger partial charge on any atom is 0.311 e. The minimum absolute atomic E-state index is 0.214. The summed E-state index contributed by atoms with van der Waals surface area (Å²) in [5, 5.41) is 12.3. The quantitative estimate of drug-likeness (QED) is 0.862. The molecule has 0 atom stereocenters. The van der Waals surface area contributed by atoms with Gasteiger partial charge >= 0.3 is 5.97 Å². The topological polar surface area (TPSA) is 63.3 Å². The second kappa shape index (κ2) is 4.14. The molecule has 0 bridgehead atoms. The second-order valence-electron chi connectivity index (χ2n) is 3.26. The molecule has 0 saturated heterocycles. The van der Waals surface area contributed by atoms with E-state index in [-0.39, 0.29) is 18.0 Å². The molecule has 2 aromatic rings. The first kappa shape index (κ1) is 10.4. The van der Waals surface area contributed by atoms with Gasteiger partial charge in [-0.3, -0.25) is 4.79 Å². The van der Waals surface area contributed by atoms with Crippen LogP contribution in [0.4, 0.5) is 4.39 Å². The fourth-order valence-electron chi connectivity index (χ4n) is 1.30. The fraction of sp³-hybridized carbons (Fsp3) is 0.0909. The lowest BCUT2D eigenvalue weighted by atomic mass is 10.1. The van der Waals surface area contributed by atoms with Crippen LogP contribution in [0.3, 0.4) is 0 Å². The molecule has 2 rings (SSSR count). The van der Waals surface area contributed by atoms with E-state index in [0.717, 1.165) is 0 Å². The number of aromatic nitrogens is 1. The summed E-state index contributed by atoms with van der Waals surface area (Å²) in [6.45, 7) is 0. The molecule has 0 aliphatic carbocycles. The van der Waals surface area contributed by atoms with Crippen molar-refractivity contribution in [1.29, 1.82) is 0 Å². The number of benzene rings is 1. The van der Waals surface area contributed by atoms with Crippen LogP contribution in [0.5, 0.6) is 0 Å². The van der Waals surface area contributed by atoms with E-state index in [4.69, 9.17) is 9.63 Å². The minimum Gasteiger partial charge on any atom is -0.481 e. The molecule has 1 aromatic carbocycles. The van der Waals surface area contributed by atoms with Crippen LogP contribution in [-0.2, 0) is 11.2 Å². The zero-order valence-corrected chi connectivity index (χ0v) is 8.18. The molecule has 5 heteroatoms. The number of aliphatic carboxylic acids is 1. The molecule has 0 unspecified atom stereocenters. The highest BCUT2D eigenvalue weighted by atomic mass is 19.1. The number of nitrogens with zero attached hydrogens (tertiary/aromatic N) is 1. The molecule has 0 spiro atoms. The third-order valence-electron chi connectivity index (χ3n) is 2.02. The smallest absolute Gasteiger partial charge is 0.311 e. The van der Waals surface area contributed by atoms with Gasteiger partial charge in [0.1, 0.15) is 23.7 Å². The maximum atomic E-state index is 12.7. The Morgan fingerprint density at radius 2 is 2.06 bits per heavy atom. The predicted octanol–water partition coefficient (Wildman–Crippen LogP) is 2.11. The van der Waals surface area contributed by atoms with Crippen molar-refractivity contribution in [3.8, 4) is 11.3 Å². The van der Waals surface area contributed by atoms with E-state index < -0.39 is 5.97 Å². The van der Waals surface area contributed by atoms with Crippen LogP contribution >= 0.6 is 0 Å². The lowest BCUT2D eigenvalue weighted by Gasteiger charge is -1.93. The van der Waals surface area contributed by atoms with Crippen LogP contribution in [0.1, 0.15) is 5.76 Å². The highest BCUT2D eigenvalue weighted by molar-refractivity contribution is 5.70. The van der Waals surface area contributed by atoms with Gasteiger partial charge in [-0.25, -0.2) is 4.39 Å². The standard InChI is InChI=1S/C11H8FNO3/c12-8-3-1-7(2-4-8)10-5-9(16-13-10)6-11(14)15/h1-5H,6H2,(H,14,15). The molecule has 0 fully saturated rings. The van der Waals surface area contributed by atoms with Crippen LogP contribution in [0.15, 0.2) is 34.9 Å². The van der Waals surface area contributed by atoms with Crippen molar-refractivity contribution in [3.63, 3.8) is 0 Å². The molecule has 1 aromatic heterocycles. The SMILES string of the molecule is O=C(O)Cc1cc(-c2ccc(F)cc2)no1. The van der Waals surface area contributed by atoms with E-state index in [1.54, 1.807) is 12.1 Å². The molecule has 1 N–H and O–H groups in total. The first-order valence-corrected chi connectivity index (χ1v) is 4.58. The Morgan fingerprint density at radius 3 is 2.69 bits per heavy atom. The Balaban J connectivity index is 2.24. The first-order valence-electron chi connectivity index (χ1n) is 4.58. The number of hydrogen-bond donors (Lipinski definition) is 1. The number of hydrogen-bond acceptors (Lipinski definition) is 3. The Hall–Kier alpha value is -2.17. The lowest BCUT2D eigenvalue weighted by Crippen LogP contribution is -1.97. The molecule has 82 valence electrons. The molecule has 0 aliphatic rings. The van der Waals surface area contributed by atoms with Gasteiger partial charge < -0.3 is 9.63 Å². The molecule has 4 nitrogen and oxygen atoms in total. The van der Waals surface area contributed by atoms with E-state index in [2.05, 4.69) is 5.16 Å². The van der Waals surface area contributed by atoms with Crippen LogP contribution in [-0.4, -0.2) is 16.2 Å². The third-order valence-corrected chi connectivity index (χ3v) is 2.02. The second-order valence-corrected chi connectivity index (χ2v) is 3.26. The van der Waals surface area contributed by atoms with Gasteiger partial charge in [-0.2, -0.15) is 0 Å². The van der Waals surface area contributed by atoms with Crippen molar-refractivity contribution in [3.05, 3.63) is 41.9 Å². The molecular weight excluding hydrogens is 213 g/mol. The summed E-state index contributed by atoms with van der Waals surface area (Å²) in [4.78, 5) is 10.4. The summed E-state index contributed by atoms with van der Waals surface area (Å²) in [7, 11) is 0. The average Bonchev–Trinajstić information content (AvgIpc) is 2.66. The fourth-order valence-corrected chi connectivity index (χ4v) is 1.30. The van der Waals surface area contributed by atoms with Gasteiger partial charge in [-0.05, 0) is 24.3 Å². The Bertz CT molecular complexity index is 504. The van der Waals surface area contributed by atoms with Crippen molar-refractivity contribution < 1.29 is 18.8 Å². The van der Waals surface area contributed by atoms with Crippen molar-refractivity contribution in [2.45, 2.75) is 6.42 Å². The number of halogens is 1. The van der Waals surface area contributed by atoms with E-state index in [1.165, 1.54) is 18.2 Å². The molecule has 1 heterocycles. The first-order chi connectivity index (χ1) is 7.65. The normalized spacial score (nSPS) is 10.3. The zero-order chi connectivity index (χ0) is 11.5. The summed E-state index contributed by atoms with van der Waals surface area (Å²) in [6.07, 6.45) is -0.214. The van der Waals surface area contributed by atoms with E-state index in [9.17, 15) is 9.18 Å². The monoisotopic (exact) mass is 221 g/mol. The van der Waals surface area contributed by atoms with Crippen molar-refractivity contribution >= 4 is 5.97 Å². The summed E-state index contributed by atoms with van der Waals surface area (Å²) in [5.41, 5.74) is 1.18. The van der Waals surface area contributed by atoms with Crippen LogP contribution < -0.4 is 0 Å². The molecule has 0 aliphatic heterocycles. The van der Waals surface area contributed by atoms with E-state index in [1.807, 2.05) is 0 Å². The van der Waals surface area contributed by atoms with Crippen molar-refractivity contribution in [1.82, 2.24) is 5.16 Å². The highest BCUT2D eigenvalue weighted by Crippen LogP contribution is 2.19. The summed E-state index contributed by atoms with van der Waals surface area (Å²) in [6, 6.07) is 7.25. The van der Waals surface area contributed by atoms with Crippen LogP contribution in [0, 0.1) is 5.82 Å². The van der Waals surface area contributed by atoms with Gasteiger partial charge in [0.2, 0.25) is 0 Å². The lowest BCUT2D eigenvalue weighted by molar-refractivity contribution is -0.136. The van der Waals surface area contributed by atoms with Crippen LogP contribution in [0.25, 0.3) is 11.3 Å². The average molecular weight is 221 g/mol. The van der Waals surface area contributed by atoms with E-state index >= 15 is 0 Å². The Labute approximate surface area is 90.3 Å². The predicted molar refractivity (Wildman–Crippen MR) is 53.2 cm³/mol. The molecule has 0 amide bonds. The zero-order valence-electron chi connectivity index (χ0n) is 8.18.